The van der Waals surface area contributed by atoms with Gasteiger partial charge in [0.2, 0.25) is 5.95 Å². The number of imidazole rings is 1. The van der Waals surface area contributed by atoms with Crippen molar-refractivity contribution < 1.29 is 27.5 Å². The van der Waals surface area contributed by atoms with E-state index in [1.165, 1.54) is 6.07 Å². The molecular weight excluding hydrogens is 403 g/mol. The smallest absolute Gasteiger partial charge is 0.416 e. The summed E-state index contributed by atoms with van der Waals surface area (Å²) in [5.74, 6) is -0.00829. The van der Waals surface area contributed by atoms with Crippen molar-refractivity contribution in [1.82, 2.24) is 19.9 Å². The first-order valence-electron chi connectivity index (χ1n) is 8.86. The lowest BCUT2D eigenvalue weighted by Gasteiger charge is -2.04. The molecule has 30 heavy (non-hydrogen) atoms. The number of nitrogens with zero attached hydrogens (tertiary/aromatic N) is 3. The standard InChI is InChI=1S/C19H16F3N5O3/c1-27-14-5-2-10(16(29)23-6-7-28)8-13(14)24-17(27)26-18-25-12-4-3-11(19(20,21)22)9-15(12)30-18/h2-5,8-9,28H,6-7H2,1H3,(H,23,29)(H,24,25,26). The van der Waals surface area contributed by atoms with Crippen molar-refractivity contribution in [1.29, 1.82) is 0 Å². The molecule has 4 aromatic rings. The van der Waals surface area contributed by atoms with Gasteiger partial charge in [0.05, 0.1) is 23.2 Å². The molecule has 8 nitrogen and oxygen atoms in total. The van der Waals surface area contributed by atoms with Crippen LogP contribution in [0.15, 0.2) is 40.8 Å². The van der Waals surface area contributed by atoms with Crippen molar-refractivity contribution in [2.45, 2.75) is 6.18 Å². The van der Waals surface area contributed by atoms with Gasteiger partial charge in [0, 0.05) is 19.2 Å². The first-order valence-corrected chi connectivity index (χ1v) is 8.86. The Morgan fingerprint density at radius 3 is 2.70 bits per heavy atom. The summed E-state index contributed by atoms with van der Waals surface area (Å²) >= 11 is 0. The fourth-order valence-electron chi connectivity index (χ4n) is 2.97. The molecule has 0 aliphatic heterocycles. The zero-order valence-electron chi connectivity index (χ0n) is 15.6. The number of nitrogens with one attached hydrogen (secondary N) is 2. The number of aliphatic hydroxyl groups is 1. The average Bonchev–Trinajstić information content (AvgIpc) is 3.25. The molecule has 1 amide bonds. The minimum atomic E-state index is -4.48. The first kappa shape index (κ1) is 19.7. The number of alkyl halides is 3. The second kappa shape index (κ2) is 7.34. The maximum Gasteiger partial charge on any atom is 0.416 e. The number of halogens is 3. The third-order valence-electron chi connectivity index (χ3n) is 4.47. The molecule has 0 aliphatic carbocycles. The molecule has 3 N–H and O–H groups in total. The fraction of sp³-hybridized carbons (Fsp3) is 0.211. The fourth-order valence-corrected chi connectivity index (χ4v) is 2.97. The van der Waals surface area contributed by atoms with Crippen LogP contribution < -0.4 is 10.6 Å². The number of benzene rings is 2. The van der Waals surface area contributed by atoms with Gasteiger partial charge in [-0.2, -0.15) is 18.2 Å². The molecule has 2 heterocycles. The Balaban J connectivity index is 1.63. The van der Waals surface area contributed by atoms with E-state index in [9.17, 15) is 18.0 Å². The van der Waals surface area contributed by atoms with E-state index in [1.54, 1.807) is 29.8 Å². The highest BCUT2D eigenvalue weighted by Crippen LogP contribution is 2.32. The molecule has 2 aromatic heterocycles. The molecule has 11 heteroatoms. The van der Waals surface area contributed by atoms with Gasteiger partial charge in [-0.3, -0.25) is 10.1 Å². The van der Waals surface area contributed by atoms with E-state index in [1.807, 2.05) is 0 Å². The summed E-state index contributed by atoms with van der Waals surface area (Å²) in [6, 6.07) is 7.98. The third kappa shape index (κ3) is 3.66. The molecule has 0 saturated carbocycles. The normalized spacial score (nSPS) is 11.9. The Morgan fingerprint density at radius 2 is 1.97 bits per heavy atom. The third-order valence-corrected chi connectivity index (χ3v) is 4.47. The molecular formula is C19H16F3N5O3. The maximum absolute atomic E-state index is 12.9. The Kier molecular flexibility index (Phi) is 4.82. The SMILES string of the molecule is Cn1c(Nc2nc3ccc(C(F)(F)F)cc3o2)nc2cc(C(=O)NCCO)ccc21. The van der Waals surface area contributed by atoms with Crippen molar-refractivity contribution in [3.05, 3.63) is 47.5 Å². The van der Waals surface area contributed by atoms with Gasteiger partial charge in [-0.1, -0.05) is 0 Å². The van der Waals surface area contributed by atoms with E-state index in [4.69, 9.17) is 9.52 Å². The van der Waals surface area contributed by atoms with E-state index in [0.717, 1.165) is 12.1 Å². The Bertz CT molecular complexity index is 1250. The number of carbonyl (C=O) groups is 1. The second-order valence-electron chi connectivity index (χ2n) is 6.50. The Hall–Kier alpha value is -3.60. The number of fused-ring (bicyclic) bond motifs is 2. The summed E-state index contributed by atoms with van der Waals surface area (Å²) < 4.78 is 45.7. The number of rotatable bonds is 5. The first-order chi connectivity index (χ1) is 14.3. The lowest BCUT2D eigenvalue weighted by molar-refractivity contribution is -0.137. The van der Waals surface area contributed by atoms with Crippen LogP contribution >= 0.6 is 0 Å². The molecule has 156 valence electrons. The summed E-state index contributed by atoms with van der Waals surface area (Å²) in [5.41, 5.74) is 1.05. The summed E-state index contributed by atoms with van der Waals surface area (Å²) in [5, 5.41) is 14.2. The molecule has 2 aromatic carbocycles. The average molecular weight is 419 g/mol. The number of aromatic nitrogens is 3. The van der Waals surface area contributed by atoms with Gasteiger partial charge in [-0.05, 0) is 36.4 Å². The van der Waals surface area contributed by atoms with Crippen molar-refractivity contribution in [2.75, 3.05) is 18.5 Å². The van der Waals surface area contributed by atoms with Crippen LogP contribution in [0, 0.1) is 0 Å². The van der Waals surface area contributed by atoms with Crippen molar-refractivity contribution >= 4 is 40.0 Å². The minimum Gasteiger partial charge on any atom is -0.423 e. The molecule has 0 bridgehead atoms. The maximum atomic E-state index is 12.9. The Labute approximate surface area is 167 Å². The number of carbonyl (C=O) groups excluding carboxylic acids is 1. The zero-order chi connectivity index (χ0) is 21.5. The molecule has 0 unspecified atom stereocenters. The van der Waals surface area contributed by atoms with E-state index in [-0.39, 0.29) is 36.2 Å². The van der Waals surface area contributed by atoms with Gasteiger partial charge < -0.3 is 19.4 Å². The zero-order valence-corrected chi connectivity index (χ0v) is 15.6. The second-order valence-corrected chi connectivity index (χ2v) is 6.50. The number of hydrogen-bond donors (Lipinski definition) is 3. The number of amides is 1. The largest absolute Gasteiger partial charge is 0.423 e. The number of anilines is 2. The van der Waals surface area contributed by atoms with Gasteiger partial charge in [0.25, 0.3) is 5.91 Å². The molecule has 0 saturated heterocycles. The highest BCUT2D eigenvalue weighted by molar-refractivity contribution is 5.97. The van der Waals surface area contributed by atoms with Crippen LogP contribution in [0.25, 0.3) is 22.1 Å². The molecule has 4 rings (SSSR count). The molecule has 0 fully saturated rings. The van der Waals surface area contributed by atoms with Gasteiger partial charge >= 0.3 is 12.2 Å². The van der Waals surface area contributed by atoms with Crippen LogP contribution in [0.4, 0.5) is 25.1 Å². The molecule has 0 radical (unpaired) electrons. The molecule has 0 atom stereocenters. The van der Waals surface area contributed by atoms with Gasteiger partial charge in [-0.25, -0.2) is 4.98 Å². The van der Waals surface area contributed by atoms with E-state index in [0.29, 0.717) is 22.5 Å². The molecule has 0 spiro atoms. The van der Waals surface area contributed by atoms with Gasteiger partial charge in [0.1, 0.15) is 5.52 Å². The molecule has 0 aliphatic rings. The quantitative estimate of drug-likeness (QED) is 0.459. The van der Waals surface area contributed by atoms with Crippen LogP contribution in [0.3, 0.4) is 0 Å². The topological polar surface area (TPSA) is 105 Å². The number of aryl methyl sites for hydroxylation is 1. The Morgan fingerprint density at radius 1 is 1.17 bits per heavy atom. The van der Waals surface area contributed by atoms with Gasteiger partial charge in [-0.15, -0.1) is 0 Å². The number of oxazole rings is 1. The van der Waals surface area contributed by atoms with Crippen molar-refractivity contribution in [3.63, 3.8) is 0 Å². The summed E-state index contributed by atoms with van der Waals surface area (Å²) in [4.78, 5) is 20.6. The van der Waals surface area contributed by atoms with Crippen LogP contribution in [-0.4, -0.2) is 38.7 Å². The van der Waals surface area contributed by atoms with Crippen LogP contribution in [0.1, 0.15) is 15.9 Å². The minimum absolute atomic E-state index is 0.00562. The lowest BCUT2D eigenvalue weighted by Crippen LogP contribution is -2.26. The predicted molar refractivity (Wildman–Crippen MR) is 102 cm³/mol. The lowest BCUT2D eigenvalue weighted by atomic mass is 10.2. The van der Waals surface area contributed by atoms with Crippen molar-refractivity contribution in [2.24, 2.45) is 7.05 Å². The highest BCUT2D eigenvalue weighted by atomic mass is 19.4. The van der Waals surface area contributed by atoms with Crippen LogP contribution in [-0.2, 0) is 13.2 Å². The monoisotopic (exact) mass is 419 g/mol. The van der Waals surface area contributed by atoms with Crippen LogP contribution in [0.2, 0.25) is 0 Å². The van der Waals surface area contributed by atoms with E-state index in [2.05, 4.69) is 20.6 Å². The van der Waals surface area contributed by atoms with Gasteiger partial charge in [0.15, 0.2) is 5.58 Å². The van der Waals surface area contributed by atoms with Crippen LogP contribution in [0.5, 0.6) is 0 Å². The summed E-state index contributed by atoms with van der Waals surface area (Å²) in [6.45, 7) is -0.0275. The van der Waals surface area contributed by atoms with Crippen molar-refractivity contribution in [3.8, 4) is 0 Å². The summed E-state index contributed by atoms with van der Waals surface area (Å²) in [7, 11) is 1.73. The van der Waals surface area contributed by atoms with E-state index >= 15 is 0 Å². The highest BCUT2D eigenvalue weighted by Gasteiger charge is 2.31. The summed E-state index contributed by atoms with van der Waals surface area (Å²) in [6.07, 6.45) is -4.48. The number of hydrogen-bond acceptors (Lipinski definition) is 6. The predicted octanol–water partition coefficient (Wildman–Crippen LogP) is 3.20. The number of aliphatic hydroxyl groups excluding tert-OH is 1. The van der Waals surface area contributed by atoms with E-state index < -0.39 is 11.7 Å².